The molecule has 4 nitrogen and oxygen atoms in total. The summed E-state index contributed by atoms with van der Waals surface area (Å²) in [4.78, 5) is 26.7. The Morgan fingerprint density at radius 2 is 2.00 bits per heavy atom. The Bertz CT molecular complexity index is 794. The molecule has 150 valence electrons. The fraction of sp³-hybridized carbons (Fsp3) is 0.652. The smallest absolute Gasteiger partial charge is 0.224 e. The lowest BCUT2D eigenvalue weighted by Crippen LogP contribution is -2.53. The summed E-state index contributed by atoms with van der Waals surface area (Å²) < 4.78 is 0.291. The summed E-state index contributed by atoms with van der Waals surface area (Å²) in [7, 11) is 0. The molecule has 4 saturated carbocycles. The molecule has 0 spiro atoms. The molecule has 1 heterocycles. The second-order valence-electron chi connectivity index (χ2n) is 9.96. The average Bonchev–Trinajstić information content (AvgIpc) is 2.97. The van der Waals surface area contributed by atoms with Gasteiger partial charge in [-0.15, -0.1) is 0 Å². The number of benzene rings is 1. The highest BCUT2D eigenvalue weighted by atomic mass is 79.9. The van der Waals surface area contributed by atoms with E-state index in [1.807, 2.05) is 29.2 Å². The van der Waals surface area contributed by atoms with Crippen molar-refractivity contribution in [2.24, 2.45) is 17.3 Å². The molecule has 5 fully saturated rings. The van der Waals surface area contributed by atoms with Crippen LogP contribution >= 0.6 is 15.9 Å². The van der Waals surface area contributed by atoms with Crippen LogP contribution in [0.5, 0.6) is 0 Å². The molecule has 1 aromatic rings. The summed E-state index contributed by atoms with van der Waals surface area (Å²) in [6.07, 6.45) is 9.81. The molecule has 1 aromatic carbocycles. The van der Waals surface area contributed by atoms with Gasteiger partial charge < -0.3 is 10.2 Å². The summed E-state index contributed by atoms with van der Waals surface area (Å²) >= 11 is 4.04. The van der Waals surface area contributed by atoms with E-state index in [1.165, 1.54) is 32.1 Å². The molecule has 5 heteroatoms. The zero-order chi connectivity index (χ0) is 19.4. The van der Waals surface area contributed by atoms with E-state index in [0.29, 0.717) is 23.7 Å². The van der Waals surface area contributed by atoms with Gasteiger partial charge in [-0.25, -0.2) is 0 Å². The Kier molecular flexibility index (Phi) is 4.57. The van der Waals surface area contributed by atoms with Crippen molar-refractivity contribution in [3.63, 3.8) is 0 Å². The van der Waals surface area contributed by atoms with Gasteiger partial charge in [0.05, 0.1) is 0 Å². The molecule has 4 bridgehead atoms. The highest BCUT2D eigenvalue weighted by molar-refractivity contribution is 9.10. The van der Waals surface area contributed by atoms with Crippen molar-refractivity contribution in [3.8, 4) is 0 Å². The molecule has 0 radical (unpaired) electrons. The first-order chi connectivity index (χ1) is 13.4. The van der Waals surface area contributed by atoms with Crippen LogP contribution in [0.4, 0.5) is 5.69 Å². The van der Waals surface area contributed by atoms with E-state index in [-0.39, 0.29) is 17.2 Å². The number of likely N-dealkylation sites (tertiary alicyclic amines) is 1. The van der Waals surface area contributed by atoms with Crippen LogP contribution in [0.15, 0.2) is 24.3 Å². The number of nitrogens with one attached hydrogen (secondary N) is 1. The topological polar surface area (TPSA) is 49.4 Å². The van der Waals surface area contributed by atoms with Gasteiger partial charge >= 0.3 is 0 Å². The van der Waals surface area contributed by atoms with E-state index >= 15 is 0 Å². The van der Waals surface area contributed by atoms with Gasteiger partial charge in [-0.2, -0.15) is 0 Å². The molecule has 1 aliphatic heterocycles. The standard InChI is InChI=1S/C23H29BrN2O2/c24-23-11-17-7-18(12-23)10-22(9-17,15-23)13-20(27)25-19-4-1-3-16(8-19)14-26-6-2-5-21(26)28/h1,3-4,8,17-18H,2,5-7,9-15H2,(H,25,27)/t17-,18-,22?,23?/m1/s1. The van der Waals surface area contributed by atoms with E-state index in [1.54, 1.807) is 0 Å². The molecule has 2 atom stereocenters. The largest absolute Gasteiger partial charge is 0.338 e. The highest BCUT2D eigenvalue weighted by Crippen LogP contribution is 2.65. The SMILES string of the molecule is O=C(CC12C[C@H]3C[C@@H](CC(Br)(C3)C1)C2)Nc1cccc(CN2CCCC2=O)c1. The number of halogens is 1. The van der Waals surface area contributed by atoms with Crippen molar-refractivity contribution in [3.05, 3.63) is 29.8 Å². The normalized spacial score (nSPS) is 36.2. The first-order valence-electron chi connectivity index (χ1n) is 10.8. The van der Waals surface area contributed by atoms with Gasteiger partial charge in [0.2, 0.25) is 11.8 Å². The second kappa shape index (κ2) is 6.86. The molecular formula is C23H29BrN2O2. The summed E-state index contributed by atoms with van der Waals surface area (Å²) in [5.41, 5.74) is 2.13. The maximum atomic E-state index is 12.9. The molecular weight excluding hydrogens is 416 g/mol. The fourth-order valence-electron chi connectivity index (χ4n) is 6.93. The minimum Gasteiger partial charge on any atom is -0.338 e. The molecule has 1 N–H and O–H groups in total. The van der Waals surface area contributed by atoms with Gasteiger partial charge in [0.1, 0.15) is 0 Å². The minimum atomic E-state index is 0.146. The molecule has 1 saturated heterocycles. The molecule has 0 unspecified atom stereocenters. The van der Waals surface area contributed by atoms with Crippen molar-refractivity contribution in [2.45, 2.75) is 68.7 Å². The zero-order valence-electron chi connectivity index (χ0n) is 16.4. The van der Waals surface area contributed by atoms with Gasteiger partial charge in [-0.3, -0.25) is 9.59 Å². The van der Waals surface area contributed by atoms with Crippen LogP contribution in [0.25, 0.3) is 0 Å². The third-order valence-electron chi connectivity index (χ3n) is 7.40. The Morgan fingerprint density at radius 1 is 1.21 bits per heavy atom. The van der Waals surface area contributed by atoms with Gasteiger partial charge in [0, 0.05) is 35.9 Å². The second-order valence-corrected chi connectivity index (χ2v) is 11.6. The van der Waals surface area contributed by atoms with Crippen LogP contribution in [0.1, 0.15) is 63.4 Å². The van der Waals surface area contributed by atoms with Crippen molar-refractivity contribution < 1.29 is 9.59 Å². The summed E-state index contributed by atoms with van der Waals surface area (Å²) in [6, 6.07) is 7.99. The maximum absolute atomic E-state index is 12.9. The number of hydrogen-bond acceptors (Lipinski definition) is 2. The van der Waals surface area contributed by atoms with Crippen molar-refractivity contribution in [1.29, 1.82) is 0 Å². The van der Waals surface area contributed by atoms with Crippen molar-refractivity contribution in [1.82, 2.24) is 4.90 Å². The number of anilines is 1. The van der Waals surface area contributed by atoms with E-state index in [2.05, 4.69) is 21.2 Å². The van der Waals surface area contributed by atoms with Gasteiger partial charge in [-0.05, 0) is 79.9 Å². The van der Waals surface area contributed by atoms with Gasteiger partial charge in [0.25, 0.3) is 0 Å². The van der Waals surface area contributed by atoms with Crippen LogP contribution in [0, 0.1) is 17.3 Å². The number of rotatable bonds is 5. The zero-order valence-corrected chi connectivity index (χ0v) is 18.0. The van der Waals surface area contributed by atoms with E-state index in [4.69, 9.17) is 0 Å². The van der Waals surface area contributed by atoms with E-state index < -0.39 is 0 Å². The third kappa shape index (κ3) is 3.62. The Balaban J connectivity index is 1.24. The van der Waals surface area contributed by atoms with Crippen LogP contribution in [0.3, 0.4) is 0 Å². The summed E-state index contributed by atoms with van der Waals surface area (Å²) in [5, 5.41) is 3.15. The molecule has 4 aliphatic carbocycles. The predicted molar refractivity (Wildman–Crippen MR) is 113 cm³/mol. The number of hydrogen-bond donors (Lipinski definition) is 1. The van der Waals surface area contributed by atoms with Crippen molar-refractivity contribution >= 4 is 33.4 Å². The fourth-order valence-corrected chi connectivity index (χ4v) is 8.44. The third-order valence-corrected chi connectivity index (χ3v) is 8.33. The summed E-state index contributed by atoms with van der Waals surface area (Å²) in [6.45, 7) is 1.48. The Labute approximate surface area is 175 Å². The maximum Gasteiger partial charge on any atom is 0.224 e. The lowest BCUT2D eigenvalue weighted by Gasteiger charge is -2.60. The average molecular weight is 445 g/mol. The molecule has 28 heavy (non-hydrogen) atoms. The predicted octanol–water partition coefficient (Wildman–Crippen LogP) is 4.87. The monoisotopic (exact) mass is 444 g/mol. The summed E-state index contributed by atoms with van der Waals surface area (Å²) in [5.74, 6) is 1.98. The van der Waals surface area contributed by atoms with Crippen molar-refractivity contribution in [2.75, 3.05) is 11.9 Å². The van der Waals surface area contributed by atoms with Gasteiger partial charge in [-0.1, -0.05) is 28.1 Å². The first-order valence-corrected chi connectivity index (χ1v) is 11.6. The Morgan fingerprint density at radius 3 is 2.68 bits per heavy atom. The van der Waals surface area contributed by atoms with Gasteiger partial charge in [0.15, 0.2) is 0 Å². The van der Waals surface area contributed by atoms with Crippen LogP contribution in [0.2, 0.25) is 0 Å². The quantitative estimate of drug-likeness (QED) is 0.658. The molecule has 2 amide bonds. The number of alkyl halides is 1. The van der Waals surface area contributed by atoms with Crippen LogP contribution in [-0.2, 0) is 16.1 Å². The number of nitrogens with zero attached hydrogens (tertiary/aromatic N) is 1. The van der Waals surface area contributed by atoms with E-state index in [9.17, 15) is 9.59 Å². The van der Waals surface area contributed by atoms with E-state index in [0.717, 1.165) is 42.5 Å². The number of carbonyl (C=O) groups is 2. The van der Waals surface area contributed by atoms with Crippen LogP contribution < -0.4 is 5.32 Å². The first kappa shape index (κ1) is 18.7. The number of carbonyl (C=O) groups excluding carboxylic acids is 2. The Hall–Kier alpha value is -1.36. The lowest BCUT2D eigenvalue weighted by molar-refractivity contribution is -0.128. The van der Waals surface area contributed by atoms with Crippen LogP contribution in [-0.4, -0.2) is 27.6 Å². The lowest BCUT2D eigenvalue weighted by atomic mass is 9.48. The molecule has 6 rings (SSSR count). The minimum absolute atomic E-state index is 0.146. The highest BCUT2D eigenvalue weighted by Gasteiger charge is 2.57. The molecule has 5 aliphatic rings. The molecule has 0 aromatic heterocycles. The number of amides is 2.